The summed E-state index contributed by atoms with van der Waals surface area (Å²) in [6.07, 6.45) is -4.72. The Morgan fingerprint density at radius 3 is 2.76 bits per heavy atom. The first-order valence-electron chi connectivity index (χ1n) is 5.36. The molecule has 1 rings (SSSR count). The molecule has 7 heteroatoms. The zero-order chi connectivity index (χ0) is 12.9. The molecule has 1 heterocycles. The molecule has 0 spiro atoms. The van der Waals surface area contributed by atoms with Crippen molar-refractivity contribution in [3.63, 3.8) is 0 Å². The second-order valence-corrected chi connectivity index (χ2v) is 4.75. The van der Waals surface area contributed by atoms with Gasteiger partial charge in [-0.25, -0.2) is 4.98 Å². The standard InChI is InChI=1S/C10H16F3N3S/c1-7(14)9-16-8(6-17-9)5-15-4-2-3-10(11,12)13/h6-7,15H,2-5,14H2,1H3. The summed E-state index contributed by atoms with van der Waals surface area (Å²) in [4.78, 5) is 4.26. The minimum atomic E-state index is -4.07. The van der Waals surface area contributed by atoms with E-state index in [1.54, 1.807) is 0 Å². The van der Waals surface area contributed by atoms with E-state index in [9.17, 15) is 13.2 Å². The highest BCUT2D eigenvalue weighted by Crippen LogP contribution is 2.20. The van der Waals surface area contributed by atoms with E-state index in [1.807, 2.05) is 12.3 Å². The van der Waals surface area contributed by atoms with Crippen molar-refractivity contribution < 1.29 is 13.2 Å². The summed E-state index contributed by atoms with van der Waals surface area (Å²) in [7, 11) is 0. The molecule has 0 amide bonds. The fraction of sp³-hybridized carbons (Fsp3) is 0.700. The molecule has 0 bridgehead atoms. The van der Waals surface area contributed by atoms with E-state index in [2.05, 4.69) is 10.3 Å². The van der Waals surface area contributed by atoms with Crippen molar-refractivity contribution in [3.05, 3.63) is 16.1 Å². The molecule has 0 aliphatic carbocycles. The van der Waals surface area contributed by atoms with Gasteiger partial charge in [0.05, 0.1) is 11.7 Å². The zero-order valence-electron chi connectivity index (χ0n) is 9.55. The monoisotopic (exact) mass is 267 g/mol. The molecule has 0 radical (unpaired) electrons. The molecule has 1 aromatic heterocycles. The number of halogens is 3. The Morgan fingerprint density at radius 1 is 1.53 bits per heavy atom. The topological polar surface area (TPSA) is 50.9 Å². The first kappa shape index (κ1) is 14.4. The minimum absolute atomic E-state index is 0.0911. The van der Waals surface area contributed by atoms with E-state index in [0.29, 0.717) is 13.1 Å². The number of nitrogens with one attached hydrogen (secondary N) is 1. The van der Waals surface area contributed by atoms with Gasteiger partial charge in [0.15, 0.2) is 0 Å². The summed E-state index contributed by atoms with van der Waals surface area (Å²) in [5.41, 5.74) is 6.48. The summed E-state index contributed by atoms with van der Waals surface area (Å²) in [5.74, 6) is 0. The number of rotatable bonds is 6. The van der Waals surface area contributed by atoms with Gasteiger partial charge >= 0.3 is 6.18 Å². The van der Waals surface area contributed by atoms with Crippen molar-refractivity contribution in [3.8, 4) is 0 Å². The fourth-order valence-corrected chi connectivity index (χ4v) is 2.02. The van der Waals surface area contributed by atoms with Crippen LogP contribution in [0.3, 0.4) is 0 Å². The Balaban J connectivity index is 2.18. The Morgan fingerprint density at radius 2 is 2.24 bits per heavy atom. The second kappa shape index (κ2) is 6.32. The van der Waals surface area contributed by atoms with Crippen LogP contribution in [-0.2, 0) is 6.54 Å². The molecule has 98 valence electrons. The minimum Gasteiger partial charge on any atom is -0.322 e. The van der Waals surface area contributed by atoms with Crippen LogP contribution in [0, 0.1) is 0 Å². The van der Waals surface area contributed by atoms with Gasteiger partial charge in [-0.3, -0.25) is 0 Å². The summed E-state index contributed by atoms with van der Waals surface area (Å²) < 4.78 is 35.5. The highest BCUT2D eigenvalue weighted by molar-refractivity contribution is 7.09. The molecule has 1 aromatic rings. The summed E-state index contributed by atoms with van der Waals surface area (Å²) >= 11 is 1.47. The Labute approximate surface area is 102 Å². The number of hydrogen-bond acceptors (Lipinski definition) is 4. The molecule has 0 saturated carbocycles. The number of hydrogen-bond donors (Lipinski definition) is 2. The third-order valence-corrected chi connectivity index (χ3v) is 3.17. The van der Waals surface area contributed by atoms with E-state index in [0.717, 1.165) is 10.7 Å². The Bertz CT molecular complexity index is 336. The van der Waals surface area contributed by atoms with Crippen LogP contribution >= 0.6 is 11.3 Å². The summed E-state index contributed by atoms with van der Waals surface area (Å²) in [6.45, 7) is 2.67. The number of aromatic nitrogens is 1. The van der Waals surface area contributed by atoms with Crippen LogP contribution in [0.4, 0.5) is 13.2 Å². The maximum Gasteiger partial charge on any atom is 0.389 e. The van der Waals surface area contributed by atoms with E-state index >= 15 is 0 Å². The maximum atomic E-state index is 11.8. The molecule has 1 atom stereocenters. The number of nitrogens with zero attached hydrogens (tertiary/aromatic N) is 1. The molecule has 3 N–H and O–H groups in total. The molecule has 0 aliphatic rings. The van der Waals surface area contributed by atoms with Crippen LogP contribution in [0.1, 0.15) is 36.5 Å². The molecule has 1 unspecified atom stereocenters. The quantitative estimate of drug-likeness (QED) is 0.779. The average Bonchev–Trinajstić information content (AvgIpc) is 2.64. The van der Waals surface area contributed by atoms with Gasteiger partial charge in [0.2, 0.25) is 0 Å². The van der Waals surface area contributed by atoms with E-state index in [-0.39, 0.29) is 12.5 Å². The first-order chi connectivity index (χ1) is 7.88. The molecule has 3 nitrogen and oxygen atoms in total. The lowest BCUT2D eigenvalue weighted by Crippen LogP contribution is -2.18. The van der Waals surface area contributed by atoms with Crippen molar-refractivity contribution in [2.45, 2.75) is 38.5 Å². The van der Waals surface area contributed by atoms with E-state index in [1.165, 1.54) is 11.3 Å². The summed E-state index contributed by atoms with van der Waals surface area (Å²) in [5, 5.41) is 5.64. The van der Waals surface area contributed by atoms with Crippen LogP contribution in [0.25, 0.3) is 0 Å². The van der Waals surface area contributed by atoms with Crippen molar-refractivity contribution in [1.82, 2.24) is 10.3 Å². The Kier molecular flexibility index (Phi) is 5.35. The third kappa shape index (κ3) is 5.99. The highest BCUT2D eigenvalue weighted by Gasteiger charge is 2.25. The number of thiazole rings is 1. The fourth-order valence-electron chi connectivity index (χ4n) is 1.24. The molecular weight excluding hydrogens is 251 g/mol. The number of nitrogens with two attached hydrogens (primary N) is 1. The van der Waals surface area contributed by atoms with Gasteiger partial charge in [0, 0.05) is 18.3 Å². The molecule has 0 aliphatic heterocycles. The predicted molar refractivity (Wildman–Crippen MR) is 61.7 cm³/mol. The highest BCUT2D eigenvalue weighted by atomic mass is 32.1. The molecule has 0 saturated heterocycles. The van der Waals surface area contributed by atoms with Gasteiger partial charge in [-0.15, -0.1) is 11.3 Å². The van der Waals surface area contributed by atoms with Crippen molar-refractivity contribution in [1.29, 1.82) is 0 Å². The van der Waals surface area contributed by atoms with Crippen LogP contribution in [-0.4, -0.2) is 17.7 Å². The van der Waals surface area contributed by atoms with Crippen molar-refractivity contribution in [2.24, 2.45) is 5.73 Å². The lowest BCUT2D eigenvalue weighted by Gasteiger charge is -2.06. The van der Waals surface area contributed by atoms with E-state index in [4.69, 9.17) is 5.73 Å². The normalized spacial score (nSPS) is 13.9. The largest absolute Gasteiger partial charge is 0.389 e. The van der Waals surface area contributed by atoms with Crippen LogP contribution in [0.5, 0.6) is 0 Å². The molecule has 0 fully saturated rings. The summed E-state index contributed by atoms with van der Waals surface area (Å²) in [6, 6.07) is -0.0982. The number of alkyl halides is 3. The van der Waals surface area contributed by atoms with Crippen LogP contribution in [0.15, 0.2) is 5.38 Å². The SMILES string of the molecule is CC(N)c1nc(CNCCCC(F)(F)F)cs1. The maximum absolute atomic E-state index is 11.8. The van der Waals surface area contributed by atoms with Gasteiger partial charge in [-0.1, -0.05) is 0 Å². The first-order valence-corrected chi connectivity index (χ1v) is 6.24. The molecule has 17 heavy (non-hydrogen) atoms. The predicted octanol–water partition coefficient (Wildman–Crippen LogP) is 2.59. The molecular formula is C10H16F3N3S. The smallest absolute Gasteiger partial charge is 0.322 e. The van der Waals surface area contributed by atoms with Gasteiger partial charge in [0.25, 0.3) is 0 Å². The Hall–Kier alpha value is -0.660. The van der Waals surface area contributed by atoms with Gasteiger partial charge in [0.1, 0.15) is 5.01 Å². The van der Waals surface area contributed by atoms with Crippen molar-refractivity contribution >= 4 is 11.3 Å². The lowest BCUT2D eigenvalue weighted by molar-refractivity contribution is -0.135. The molecule has 0 aromatic carbocycles. The second-order valence-electron chi connectivity index (χ2n) is 3.86. The van der Waals surface area contributed by atoms with Crippen molar-refractivity contribution in [2.75, 3.05) is 6.54 Å². The van der Waals surface area contributed by atoms with Crippen LogP contribution in [0.2, 0.25) is 0 Å². The van der Waals surface area contributed by atoms with Gasteiger partial charge < -0.3 is 11.1 Å². The van der Waals surface area contributed by atoms with Gasteiger partial charge in [-0.05, 0) is 19.9 Å². The lowest BCUT2D eigenvalue weighted by atomic mass is 10.3. The van der Waals surface area contributed by atoms with Crippen LogP contribution < -0.4 is 11.1 Å². The van der Waals surface area contributed by atoms with Gasteiger partial charge in [-0.2, -0.15) is 13.2 Å². The third-order valence-electron chi connectivity index (χ3n) is 2.08. The van der Waals surface area contributed by atoms with E-state index < -0.39 is 12.6 Å². The average molecular weight is 267 g/mol. The zero-order valence-corrected chi connectivity index (χ0v) is 10.4.